The Morgan fingerprint density at radius 2 is 1.84 bits per heavy atom. The van der Waals surface area contributed by atoms with E-state index in [0.29, 0.717) is 0 Å². The minimum atomic E-state index is -4.49. The lowest BCUT2D eigenvalue weighted by atomic mass is 10.2. The monoisotopic (exact) mass is 288 g/mol. The van der Waals surface area contributed by atoms with E-state index in [9.17, 15) is 18.0 Å². The Morgan fingerprint density at radius 3 is 2.42 bits per heavy atom. The minimum absolute atomic E-state index is 0.0357. The van der Waals surface area contributed by atoms with Crippen molar-refractivity contribution < 1.29 is 18.0 Å². The lowest BCUT2D eigenvalue weighted by molar-refractivity contribution is -0.137. The predicted octanol–water partition coefficient (Wildman–Crippen LogP) is 4.24. The van der Waals surface area contributed by atoms with Gasteiger partial charge in [-0.15, -0.1) is 0 Å². The summed E-state index contributed by atoms with van der Waals surface area (Å²) in [5, 5.41) is 2.35. The summed E-state index contributed by atoms with van der Waals surface area (Å²) in [5.74, 6) is 0. The second kappa shape index (κ2) is 4.97. The summed E-state index contributed by atoms with van der Waals surface area (Å²) >= 11 is 5.76. The van der Waals surface area contributed by atoms with Crippen molar-refractivity contribution >= 4 is 23.3 Å². The third-order valence-electron chi connectivity index (χ3n) is 2.37. The number of hydrogen-bond acceptors (Lipinski definition) is 1. The maximum Gasteiger partial charge on any atom is 0.416 e. The summed E-state index contributed by atoms with van der Waals surface area (Å²) in [5.41, 5.74) is -0.963. The second-order valence-electron chi connectivity index (χ2n) is 3.71. The highest BCUT2D eigenvalue weighted by Gasteiger charge is 2.31. The van der Waals surface area contributed by atoms with E-state index in [0.717, 1.165) is 18.2 Å². The third-order valence-corrected chi connectivity index (χ3v) is 2.70. The number of halogens is 4. The molecule has 0 aliphatic heterocycles. The van der Waals surface area contributed by atoms with Crippen LogP contribution < -0.4 is 5.32 Å². The molecule has 1 aromatic heterocycles. The van der Waals surface area contributed by atoms with E-state index in [1.165, 1.54) is 17.0 Å². The molecule has 0 fully saturated rings. The largest absolute Gasteiger partial charge is 0.416 e. The van der Waals surface area contributed by atoms with Crippen LogP contribution in [-0.4, -0.2) is 10.6 Å². The first-order chi connectivity index (χ1) is 8.88. The van der Waals surface area contributed by atoms with Crippen molar-refractivity contribution in [1.29, 1.82) is 0 Å². The van der Waals surface area contributed by atoms with Crippen molar-refractivity contribution in [3.63, 3.8) is 0 Å². The predicted molar refractivity (Wildman–Crippen MR) is 65.3 cm³/mol. The molecule has 0 saturated carbocycles. The van der Waals surface area contributed by atoms with Crippen LogP contribution in [0.1, 0.15) is 5.56 Å². The molecule has 0 unspecified atom stereocenters. The van der Waals surface area contributed by atoms with Gasteiger partial charge in [0.15, 0.2) is 0 Å². The topological polar surface area (TPSA) is 34.0 Å². The zero-order chi connectivity index (χ0) is 14.0. The summed E-state index contributed by atoms with van der Waals surface area (Å²) in [6, 6.07) is 5.39. The van der Waals surface area contributed by atoms with E-state index in [1.807, 2.05) is 0 Å². The Morgan fingerprint density at radius 1 is 1.21 bits per heavy atom. The number of alkyl halides is 3. The van der Waals surface area contributed by atoms with Gasteiger partial charge < -0.3 is 5.32 Å². The number of hydrogen-bond donors (Lipinski definition) is 1. The van der Waals surface area contributed by atoms with Gasteiger partial charge in [-0.05, 0) is 30.3 Å². The van der Waals surface area contributed by atoms with Gasteiger partial charge in [0.25, 0.3) is 0 Å². The Labute approximate surface area is 111 Å². The quantitative estimate of drug-likeness (QED) is 0.836. The highest BCUT2D eigenvalue weighted by Crippen LogP contribution is 2.33. The number of benzene rings is 1. The Kier molecular flexibility index (Phi) is 3.53. The van der Waals surface area contributed by atoms with E-state index >= 15 is 0 Å². The number of rotatable bonds is 1. The van der Waals surface area contributed by atoms with Crippen LogP contribution in [-0.2, 0) is 6.18 Å². The van der Waals surface area contributed by atoms with E-state index in [2.05, 4.69) is 5.32 Å². The van der Waals surface area contributed by atoms with E-state index in [1.54, 1.807) is 12.1 Å². The number of aromatic nitrogens is 1. The molecule has 1 heterocycles. The van der Waals surface area contributed by atoms with Crippen molar-refractivity contribution in [1.82, 2.24) is 4.57 Å². The van der Waals surface area contributed by atoms with E-state index in [-0.39, 0.29) is 10.7 Å². The number of anilines is 1. The van der Waals surface area contributed by atoms with Gasteiger partial charge in [-0.2, -0.15) is 13.2 Å². The van der Waals surface area contributed by atoms with E-state index < -0.39 is 17.8 Å². The average molecular weight is 289 g/mol. The molecule has 2 rings (SSSR count). The van der Waals surface area contributed by atoms with Crippen LogP contribution in [0, 0.1) is 0 Å². The summed E-state index contributed by atoms with van der Waals surface area (Å²) in [6.07, 6.45) is -1.55. The number of amides is 1. The molecule has 1 aromatic carbocycles. The molecule has 0 aliphatic carbocycles. The molecule has 19 heavy (non-hydrogen) atoms. The van der Waals surface area contributed by atoms with Gasteiger partial charge in [0.2, 0.25) is 0 Å². The number of carbonyl (C=O) groups is 1. The Balaban J connectivity index is 2.27. The fraction of sp³-hybridized carbons (Fsp3) is 0.0833. The van der Waals surface area contributed by atoms with Gasteiger partial charge in [0.05, 0.1) is 16.3 Å². The van der Waals surface area contributed by atoms with Crippen molar-refractivity contribution in [2.24, 2.45) is 0 Å². The first kappa shape index (κ1) is 13.5. The molecule has 0 aliphatic rings. The van der Waals surface area contributed by atoms with Gasteiger partial charge in [-0.1, -0.05) is 11.6 Å². The molecular formula is C12H8ClF3N2O. The average Bonchev–Trinajstić information content (AvgIpc) is 2.84. The van der Waals surface area contributed by atoms with Gasteiger partial charge in [-0.3, -0.25) is 4.57 Å². The highest BCUT2D eigenvalue weighted by atomic mass is 35.5. The molecule has 7 heteroatoms. The number of carbonyl (C=O) groups excluding carboxylic acids is 1. The zero-order valence-corrected chi connectivity index (χ0v) is 10.2. The molecule has 1 N–H and O–H groups in total. The van der Waals surface area contributed by atoms with Crippen molar-refractivity contribution in [3.8, 4) is 0 Å². The number of nitrogens with zero attached hydrogens (tertiary/aromatic N) is 1. The summed E-state index contributed by atoms with van der Waals surface area (Å²) in [6.45, 7) is 0. The summed E-state index contributed by atoms with van der Waals surface area (Å²) in [7, 11) is 0. The van der Waals surface area contributed by atoms with Crippen LogP contribution in [0.15, 0.2) is 42.7 Å². The fourth-order valence-electron chi connectivity index (χ4n) is 1.45. The molecule has 2 aromatic rings. The smallest absolute Gasteiger partial charge is 0.306 e. The van der Waals surface area contributed by atoms with Crippen LogP contribution in [0.4, 0.5) is 23.7 Å². The zero-order valence-electron chi connectivity index (χ0n) is 9.41. The molecular weight excluding hydrogens is 281 g/mol. The molecule has 0 spiro atoms. The summed E-state index contributed by atoms with van der Waals surface area (Å²) < 4.78 is 38.8. The number of nitrogens with one attached hydrogen (secondary N) is 1. The van der Waals surface area contributed by atoms with Gasteiger partial charge in [0, 0.05) is 12.4 Å². The molecule has 100 valence electrons. The minimum Gasteiger partial charge on any atom is -0.306 e. The van der Waals surface area contributed by atoms with Crippen LogP contribution in [0.3, 0.4) is 0 Å². The van der Waals surface area contributed by atoms with Crippen molar-refractivity contribution in [3.05, 3.63) is 53.3 Å². The summed E-state index contributed by atoms with van der Waals surface area (Å²) in [4.78, 5) is 11.7. The first-order valence-corrected chi connectivity index (χ1v) is 5.57. The van der Waals surface area contributed by atoms with Gasteiger partial charge in [-0.25, -0.2) is 4.79 Å². The second-order valence-corrected chi connectivity index (χ2v) is 4.12. The SMILES string of the molecule is O=C(Nc1cc(C(F)(F)F)ccc1Cl)n1cccc1. The van der Waals surface area contributed by atoms with E-state index in [4.69, 9.17) is 11.6 Å². The van der Waals surface area contributed by atoms with Crippen LogP contribution in [0.25, 0.3) is 0 Å². The van der Waals surface area contributed by atoms with Gasteiger partial charge >= 0.3 is 12.2 Å². The maximum absolute atomic E-state index is 12.5. The molecule has 0 saturated heterocycles. The Hall–Kier alpha value is -1.95. The van der Waals surface area contributed by atoms with Crippen LogP contribution >= 0.6 is 11.6 Å². The lowest BCUT2D eigenvalue weighted by Gasteiger charge is -2.11. The molecule has 1 amide bonds. The van der Waals surface area contributed by atoms with Crippen LogP contribution in [0.2, 0.25) is 5.02 Å². The normalized spacial score (nSPS) is 11.4. The maximum atomic E-state index is 12.5. The molecule has 0 bridgehead atoms. The highest BCUT2D eigenvalue weighted by molar-refractivity contribution is 6.33. The lowest BCUT2D eigenvalue weighted by Crippen LogP contribution is -2.18. The Bertz CT molecular complexity index is 594. The first-order valence-electron chi connectivity index (χ1n) is 5.19. The van der Waals surface area contributed by atoms with Gasteiger partial charge in [0.1, 0.15) is 0 Å². The fourth-order valence-corrected chi connectivity index (χ4v) is 1.61. The van der Waals surface area contributed by atoms with Crippen molar-refractivity contribution in [2.75, 3.05) is 5.32 Å². The third kappa shape index (κ3) is 3.08. The van der Waals surface area contributed by atoms with Crippen LogP contribution in [0.5, 0.6) is 0 Å². The van der Waals surface area contributed by atoms with Crippen molar-refractivity contribution in [2.45, 2.75) is 6.18 Å². The molecule has 3 nitrogen and oxygen atoms in total. The standard InChI is InChI=1S/C12H8ClF3N2O/c13-9-4-3-8(12(14,15)16)7-10(9)17-11(19)18-5-1-2-6-18/h1-7H,(H,17,19). The molecule has 0 atom stereocenters. The molecule has 0 radical (unpaired) electrons.